The van der Waals surface area contributed by atoms with Crippen LogP contribution in [0.25, 0.3) is 22.3 Å². The van der Waals surface area contributed by atoms with Crippen LogP contribution in [0.15, 0.2) is 84.9 Å². The molecule has 0 saturated carbocycles. The number of guanidine groups is 2. The van der Waals surface area contributed by atoms with Crippen LogP contribution in [0.1, 0.15) is 91.1 Å². The van der Waals surface area contributed by atoms with Crippen LogP contribution in [0.3, 0.4) is 0 Å². The van der Waals surface area contributed by atoms with Gasteiger partial charge in [0.05, 0.1) is 26.4 Å². The molecule has 2 fully saturated rings. The predicted molar refractivity (Wildman–Crippen MR) is 277 cm³/mol. The highest BCUT2D eigenvalue weighted by Crippen LogP contribution is 2.36. The molecule has 0 unspecified atom stereocenters. The van der Waals surface area contributed by atoms with E-state index in [9.17, 15) is 19.2 Å². The van der Waals surface area contributed by atoms with Crippen molar-refractivity contribution in [1.29, 1.82) is 10.8 Å². The van der Waals surface area contributed by atoms with Crippen molar-refractivity contribution in [3.8, 4) is 33.8 Å². The van der Waals surface area contributed by atoms with E-state index in [2.05, 4.69) is 20.8 Å². The van der Waals surface area contributed by atoms with Crippen LogP contribution in [-0.2, 0) is 36.6 Å². The fourth-order valence-electron chi connectivity index (χ4n) is 9.02. The first kappa shape index (κ1) is 54.5. The Morgan fingerprint density at radius 1 is 0.611 bits per heavy atom. The van der Waals surface area contributed by atoms with Gasteiger partial charge in [-0.3, -0.25) is 30.0 Å². The molecule has 2 saturated heterocycles. The third kappa shape index (κ3) is 14.6. The van der Waals surface area contributed by atoms with Gasteiger partial charge in [-0.25, -0.2) is 0 Å². The van der Waals surface area contributed by atoms with E-state index >= 15 is 0 Å². The number of piperidine rings is 1. The molecule has 0 radical (unpaired) electrons. The van der Waals surface area contributed by atoms with E-state index in [1.165, 1.54) is 0 Å². The molecule has 0 atom stereocenters. The van der Waals surface area contributed by atoms with E-state index in [0.29, 0.717) is 104 Å². The summed E-state index contributed by atoms with van der Waals surface area (Å²) < 4.78 is 28.3. The largest absolute Gasteiger partial charge is 0.493 e. The lowest BCUT2D eigenvalue weighted by molar-refractivity contribution is -0.148. The van der Waals surface area contributed by atoms with E-state index in [0.717, 1.165) is 59.3 Å². The first-order chi connectivity index (χ1) is 34.6. The molecule has 17 heteroatoms. The van der Waals surface area contributed by atoms with Crippen molar-refractivity contribution in [2.24, 2.45) is 22.8 Å². The first-order valence-corrected chi connectivity index (χ1v) is 24.8. The zero-order chi connectivity index (χ0) is 51.8. The monoisotopic (exact) mass is 989 g/mol. The van der Waals surface area contributed by atoms with Crippen LogP contribution < -0.4 is 20.9 Å². The van der Waals surface area contributed by atoms with Crippen LogP contribution in [0.4, 0.5) is 0 Å². The van der Waals surface area contributed by atoms with Gasteiger partial charge in [-0.15, -0.1) is 0 Å². The number of hydrogen-bond donors (Lipinski definition) is 4. The maximum Gasteiger partial charge on any atom is 0.254 e. The molecule has 2 aliphatic rings. The summed E-state index contributed by atoms with van der Waals surface area (Å²) in [6.07, 6.45) is 3.25. The molecule has 6 N–H and O–H groups in total. The summed E-state index contributed by atoms with van der Waals surface area (Å²) in [5, 5.41) is 17.9. The highest BCUT2D eigenvalue weighted by atomic mass is 16.5. The van der Waals surface area contributed by atoms with Gasteiger partial charge in [0.15, 0.2) is 0 Å². The number of hydrazine groups is 1. The number of nitrogens with two attached hydrogens (primary N) is 2. The summed E-state index contributed by atoms with van der Waals surface area (Å²) in [5.41, 5.74) is 18.0. The summed E-state index contributed by atoms with van der Waals surface area (Å²) >= 11 is 0. The average Bonchev–Trinajstić information content (AvgIpc) is 3.38. The summed E-state index contributed by atoms with van der Waals surface area (Å²) in [7, 11) is 3.25. The van der Waals surface area contributed by atoms with Gasteiger partial charge in [0.1, 0.15) is 11.5 Å². The van der Waals surface area contributed by atoms with E-state index in [1.54, 1.807) is 31.3 Å². The standard InChI is InChI=1S/C55H72N8O9/c1-55(2,3)44-24-26-60(27-25-44)51(66)42-16-12-40(13-17-42)45-20-8-38(36-47(45)71-32-6-30-68-4)10-22-49(64)62(53(56)57)63(54(58)59)50(65)23-11-39-9-21-46(48(37-39)72-33-7-31-69-5)41-14-18-43(19-15-41)52(67)61-28-34-70-35-29-61/h8-9,12-21,36-37,44H,6-7,10-11,22-35H2,1-5H3,(H3,56,57)(H3,58,59). The molecule has 4 aromatic rings. The van der Waals surface area contributed by atoms with Crippen molar-refractivity contribution >= 4 is 35.5 Å². The molecule has 0 aliphatic carbocycles. The van der Waals surface area contributed by atoms with E-state index in [-0.39, 0.29) is 42.9 Å². The zero-order valence-corrected chi connectivity index (χ0v) is 42.5. The SMILES string of the molecule is COCCCOc1cc(CCC(=O)N(C(=N)N)N(C(=N)N)C(=O)CCc2ccc(-c3ccc(C(=O)N4CCC(C(C)(C)C)CC4)cc3)c(OCCCOC)c2)ccc1-c1ccc(C(=O)N2CCOCC2)cc1. The highest BCUT2D eigenvalue weighted by molar-refractivity contribution is 6.04. The van der Waals surface area contributed by atoms with Gasteiger partial charge in [-0.05, 0) is 95.7 Å². The fraction of sp³-hybridized carbons (Fsp3) is 0.455. The number of methoxy groups -OCH3 is 2. The normalized spacial score (nSPS) is 14.1. The molecule has 2 aliphatic heterocycles. The van der Waals surface area contributed by atoms with Crippen LogP contribution in [-0.4, -0.2) is 135 Å². The third-order valence-electron chi connectivity index (χ3n) is 13.2. The van der Waals surface area contributed by atoms with Crippen LogP contribution in [0.5, 0.6) is 11.5 Å². The second-order valence-electron chi connectivity index (χ2n) is 19.2. The minimum Gasteiger partial charge on any atom is -0.493 e. The number of likely N-dealkylation sites (tertiary alicyclic amines) is 1. The second kappa shape index (κ2) is 26.0. The summed E-state index contributed by atoms with van der Waals surface area (Å²) in [4.78, 5) is 58.1. The maximum atomic E-state index is 13.9. The minimum atomic E-state index is -0.773. The molecule has 4 aromatic carbocycles. The summed E-state index contributed by atoms with van der Waals surface area (Å²) in [6.45, 7) is 12.1. The number of benzene rings is 4. The number of carbonyl (C=O) groups is 4. The third-order valence-corrected chi connectivity index (χ3v) is 13.2. The first-order valence-electron chi connectivity index (χ1n) is 24.8. The van der Waals surface area contributed by atoms with Crippen LogP contribution in [0.2, 0.25) is 0 Å². The maximum absolute atomic E-state index is 13.9. The molecule has 2 heterocycles. The van der Waals surface area contributed by atoms with E-state index in [1.807, 2.05) is 77.7 Å². The zero-order valence-electron chi connectivity index (χ0n) is 42.5. The van der Waals surface area contributed by atoms with Gasteiger partial charge in [0.25, 0.3) is 11.8 Å². The topological polar surface area (TPSA) is 227 Å². The Labute approximate surface area is 423 Å². The number of nitrogens with zero attached hydrogens (tertiary/aromatic N) is 4. The molecule has 386 valence electrons. The molecular formula is C55H72N8O9. The summed E-state index contributed by atoms with van der Waals surface area (Å²) in [5.74, 6) is -1.28. The molecular weight excluding hydrogens is 917 g/mol. The van der Waals surface area contributed by atoms with Crippen molar-refractivity contribution in [2.75, 3.05) is 80.0 Å². The molecule has 6 rings (SSSR count). The highest BCUT2D eigenvalue weighted by Gasteiger charge is 2.32. The molecule has 0 spiro atoms. The number of aryl methyl sites for hydroxylation is 2. The van der Waals surface area contributed by atoms with Gasteiger partial charge in [-0.1, -0.05) is 69.3 Å². The van der Waals surface area contributed by atoms with Crippen molar-refractivity contribution < 1.29 is 42.9 Å². The number of morpholine rings is 1. The lowest BCUT2D eigenvalue weighted by atomic mass is 9.75. The second-order valence-corrected chi connectivity index (χ2v) is 19.2. The van der Waals surface area contributed by atoms with Crippen molar-refractivity contribution in [1.82, 2.24) is 19.8 Å². The van der Waals surface area contributed by atoms with E-state index in [4.69, 9.17) is 46.0 Å². The summed E-state index contributed by atoms with van der Waals surface area (Å²) in [6, 6.07) is 26.1. The number of ether oxygens (including phenoxy) is 5. The van der Waals surface area contributed by atoms with Crippen LogP contribution in [0, 0.1) is 22.2 Å². The van der Waals surface area contributed by atoms with E-state index < -0.39 is 23.7 Å². The molecule has 0 aromatic heterocycles. The Hall–Kier alpha value is -6.82. The van der Waals surface area contributed by atoms with Gasteiger partial charge in [0.2, 0.25) is 23.7 Å². The number of rotatable bonds is 20. The Bertz CT molecular complexity index is 2500. The Morgan fingerprint density at radius 2 is 1.01 bits per heavy atom. The van der Waals surface area contributed by atoms with Gasteiger partial charge < -0.3 is 45.0 Å². The number of carbonyl (C=O) groups excluding carboxylic acids is 4. The minimum absolute atomic E-state index is 0.0213. The lowest BCUT2D eigenvalue weighted by Gasteiger charge is -2.38. The van der Waals surface area contributed by atoms with Crippen LogP contribution >= 0.6 is 0 Å². The average molecular weight is 989 g/mol. The van der Waals surface area contributed by atoms with Crippen molar-refractivity contribution in [3.05, 3.63) is 107 Å². The Morgan fingerprint density at radius 3 is 1.39 bits per heavy atom. The molecule has 0 bridgehead atoms. The van der Waals surface area contributed by atoms with Gasteiger partial charge in [-0.2, -0.15) is 10.0 Å². The van der Waals surface area contributed by atoms with Crippen molar-refractivity contribution in [3.63, 3.8) is 0 Å². The Balaban J connectivity index is 1.12. The fourth-order valence-corrected chi connectivity index (χ4v) is 9.02. The number of hydrogen-bond acceptors (Lipinski definition) is 11. The lowest BCUT2D eigenvalue weighted by Crippen LogP contribution is -2.59. The smallest absolute Gasteiger partial charge is 0.254 e. The van der Waals surface area contributed by atoms with Crippen molar-refractivity contribution in [2.45, 2.75) is 72.1 Å². The molecule has 17 nitrogen and oxygen atoms in total. The molecule has 4 amide bonds. The quantitative estimate of drug-likeness (QED) is 0.0301. The predicted octanol–water partition coefficient (Wildman–Crippen LogP) is 7.15. The van der Waals surface area contributed by atoms with Gasteiger partial charge in [0, 0.05) is 102 Å². The number of nitrogens with one attached hydrogen (secondary N) is 2. The number of amides is 4. The Kier molecular flexibility index (Phi) is 19.7. The van der Waals surface area contributed by atoms with Gasteiger partial charge >= 0.3 is 0 Å². The molecule has 72 heavy (non-hydrogen) atoms.